The first kappa shape index (κ1) is 16.7. The predicted octanol–water partition coefficient (Wildman–Crippen LogP) is 4.80. The fraction of sp³-hybridized carbons (Fsp3) is 0.867. The Bertz CT molecular complexity index is 389. The summed E-state index contributed by atoms with van der Waals surface area (Å²) in [5.41, 5.74) is 3.60. The lowest BCUT2D eigenvalue weighted by Gasteiger charge is -2.35. The average molecular weight is 329 g/mol. The molecule has 0 aliphatic heterocycles. The second-order valence-electron chi connectivity index (χ2n) is 7.95. The Morgan fingerprint density at radius 2 is 1.85 bits per heavy atom. The van der Waals surface area contributed by atoms with Gasteiger partial charge in [-0.15, -0.1) is 0 Å². The number of rotatable bonds is 7. The summed E-state index contributed by atoms with van der Waals surface area (Å²) in [6.07, 6.45) is 6.97. The van der Waals surface area contributed by atoms with Crippen LogP contribution in [-0.2, 0) is 8.23 Å². The Kier molecular flexibility index (Phi) is 5.17. The van der Waals surface area contributed by atoms with E-state index in [1.807, 2.05) is 5.57 Å². The van der Waals surface area contributed by atoms with Crippen LogP contribution >= 0.6 is 0 Å². The molecular formula is C15H32O2Si3. The molecule has 0 aromatic rings. The zero-order chi connectivity index (χ0) is 15.0. The number of allylic oxidation sites excluding steroid dienone is 2. The molecule has 5 heteroatoms. The van der Waals surface area contributed by atoms with Gasteiger partial charge in [0.05, 0.1) is 0 Å². The van der Waals surface area contributed by atoms with Crippen molar-refractivity contribution < 1.29 is 8.23 Å². The summed E-state index contributed by atoms with van der Waals surface area (Å²) in [6.45, 7) is 13.7. The third-order valence-corrected chi connectivity index (χ3v) is 14.3. The molecule has 0 aromatic carbocycles. The molecule has 1 fully saturated rings. The van der Waals surface area contributed by atoms with Gasteiger partial charge in [-0.25, -0.2) is 0 Å². The van der Waals surface area contributed by atoms with E-state index in [0.717, 1.165) is 5.92 Å². The first-order chi connectivity index (χ1) is 9.17. The van der Waals surface area contributed by atoms with Crippen LogP contribution in [0.4, 0.5) is 0 Å². The zero-order valence-electron chi connectivity index (χ0n) is 14.2. The molecule has 1 saturated carbocycles. The Hall–Kier alpha value is 0.311. The van der Waals surface area contributed by atoms with Gasteiger partial charge in [-0.2, -0.15) is 0 Å². The quantitative estimate of drug-likeness (QED) is 0.493. The Morgan fingerprint density at radius 1 is 1.15 bits per heavy atom. The molecule has 0 saturated heterocycles. The molecule has 0 aromatic heterocycles. The lowest BCUT2D eigenvalue weighted by Crippen LogP contribution is -2.48. The number of hydrogen-bond acceptors (Lipinski definition) is 2. The van der Waals surface area contributed by atoms with Crippen LogP contribution in [0.15, 0.2) is 11.1 Å². The molecule has 2 rings (SSSR count). The number of hydrogen-bond donors (Lipinski definition) is 0. The zero-order valence-corrected chi connectivity index (χ0v) is 17.4. The van der Waals surface area contributed by atoms with Gasteiger partial charge in [-0.3, -0.25) is 0 Å². The lowest BCUT2D eigenvalue weighted by molar-refractivity contribution is 0.400. The van der Waals surface area contributed by atoms with Gasteiger partial charge in [0.25, 0.3) is 0 Å². The van der Waals surface area contributed by atoms with E-state index in [2.05, 4.69) is 39.3 Å². The van der Waals surface area contributed by atoms with Crippen LogP contribution in [0.1, 0.15) is 32.1 Å². The van der Waals surface area contributed by atoms with Gasteiger partial charge >= 0.3 is 8.56 Å². The van der Waals surface area contributed by atoms with Crippen LogP contribution in [0.5, 0.6) is 0 Å². The van der Waals surface area contributed by atoms with Gasteiger partial charge in [0.1, 0.15) is 0 Å². The van der Waals surface area contributed by atoms with E-state index in [9.17, 15) is 0 Å². The smallest absolute Gasteiger partial charge is 0.310 e. The molecule has 1 unspecified atom stereocenters. The average Bonchev–Trinajstić information content (AvgIpc) is 2.84. The summed E-state index contributed by atoms with van der Waals surface area (Å²) in [5.74, 6) is 1.01. The molecule has 0 N–H and O–H groups in total. The summed E-state index contributed by atoms with van der Waals surface area (Å²) >= 11 is 0. The fourth-order valence-corrected chi connectivity index (χ4v) is 15.8. The van der Waals surface area contributed by atoms with Crippen LogP contribution in [0.25, 0.3) is 0 Å². The third-order valence-electron chi connectivity index (χ3n) is 4.49. The molecule has 116 valence electrons. The first-order valence-corrected chi connectivity index (χ1v) is 17.0. The highest BCUT2D eigenvalue weighted by atomic mass is 28.5. The van der Waals surface area contributed by atoms with E-state index in [0.29, 0.717) is 0 Å². The van der Waals surface area contributed by atoms with Crippen LogP contribution < -0.4 is 0 Å². The van der Waals surface area contributed by atoms with E-state index in [1.165, 1.54) is 38.1 Å². The minimum Gasteiger partial charge on any atom is -0.440 e. The number of fused-ring (bicyclic) bond motifs is 2. The van der Waals surface area contributed by atoms with Crippen molar-refractivity contribution in [3.05, 3.63) is 11.1 Å². The fourth-order valence-electron chi connectivity index (χ4n) is 3.96. The lowest BCUT2D eigenvalue weighted by atomic mass is 9.98. The summed E-state index contributed by atoms with van der Waals surface area (Å²) in [5, 5.41) is 0. The second-order valence-corrected chi connectivity index (χ2v) is 18.6. The summed E-state index contributed by atoms with van der Waals surface area (Å²) < 4.78 is 12.7. The van der Waals surface area contributed by atoms with E-state index < -0.39 is 25.9 Å². The van der Waals surface area contributed by atoms with E-state index in [4.69, 9.17) is 8.23 Å². The Labute approximate surface area is 129 Å². The molecule has 1 atom stereocenters. The monoisotopic (exact) mass is 328 g/mol. The van der Waals surface area contributed by atoms with Crippen LogP contribution in [0, 0.1) is 5.92 Å². The van der Waals surface area contributed by atoms with Crippen molar-refractivity contribution in [1.82, 2.24) is 0 Å². The van der Waals surface area contributed by atoms with Crippen molar-refractivity contribution in [2.75, 3.05) is 0 Å². The SMILES string of the molecule is C[SiH](C)O[Si](C)(C)O[Si](C)(C)CCC1=C2CCC(C2)C1. The van der Waals surface area contributed by atoms with Gasteiger partial charge in [0.15, 0.2) is 17.4 Å². The summed E-state index contributed by atoms with van der Waals surface area (Å²) in [7, 11) is -4.45. The van der Waals surface area contributed by atoms with E-state index >= 15 is 0 Å². The van der Waals surface area contributed by atoms with Gasteiger partial charge < -0.3 is 8.23 Å². The van der Waals surface area contributed by atoms with Crippen molar-refractivity contribution in [2.45, 2.75) is 77.4 Å². The molecule has 0 radical (unpaired) electrons. The molecule has 2 aliphatic rings. The normalized spacial score (nSPS) is 23.2. The van der Waals surface area contributed by atoms with E-state index in [-0.39, 0.29) is 0 Å². The summed E-state index contributed by atoms with van der Waals surface area (Å²) in [6, 6.07) is 1.28. The highest BCUT2D eigenvalue weighted by Crippen LogP contribution is 2.46. The highest BCUT2D eigenvalue weighted by molar-refractivity contribution is 6.84. The highest BCUT2D eigenvalue weighted by Gasteiger charge is 2.36. The molecule has 0 spiro atoms. The third kappa shape index (κ3) is 4.66. The largest absolute Gasteiger partial charge is 0.440 e. The van der Waals surface area contributed by atoms with Crippen LogP contribution in [-0.4, -0.2) is 25.9 Å². The van der Waals surface area contributed by atoms with Crippen LogP contribution in [0.2, 0.25) is 45.3 Å². The van der Waals surface area contributed by atoms with E-state index in [1.54, 1.807) is 5.57 Å². The van der Waals surface area contributed by atoms with Gasteiger partial charge in [-0.05, 0) is 83.3 Å². The molecular weight excluding hydrogens is 296 g/mol. The molecule has 20 heavy (non-hydrogen) atoms. The van der Waals surface area contributed by atoms with Crippen molar-refractivity contribution in [3.8, 4) is 0 Å². The molecule has 0 amide bonds. The molecule has 2 nitrogen and oxygen atoms in total. The van der Waals surface area contributed by atoms with Gasteiger partial charge in [0.2, 0.25) is 0 Å². The molecule has 0 heterocycles. The molecule has 2 bridgehead atoms. The van der Waals surface area contributed by atoms with Crippen molar-refractivity contribution >= 4 is 25.9 Å². The van der Waals surface area contributed by atoms with Crippen molar-refractivity contribution in [2.24, 2.45) is 5.92 Å². The van der Waals surface area contributed by atoms with Crippen LogP contribution in [0.3, 0.4) is 0 Å². The Balaban J connectivity index is 1.84. The predicted molar refractivity (Wildman–Crippen MR) is 94.4 cm³/mol. The standard InChI is InChI=1S/C15H32O2Si3/c1-18(2)16-20(5,6)17-19(3,4)10-9-15-12-13-7-8-14(15)11-13/h13,18H,7-12H2,1-6H3. The van der Waals surface area contributed by atoms with Crippen molar-refractivity contribution in [1.29, 1.82) is 0 Å². The minimum absolute atomic E-state index is 0.987. The van der Waals surface area contributed by atoms with Gasteiger partial charge in [0, 0.05) is 0 Å². The first-order valence-electron chi connectivity index (χ1n) is 8.25. The maximum atomic E-state index is 6.54. The molecule has 2 aliphatic carbocycles. The maximum Gasteiger partial charge on any atom is 0.310 e. The summed E-state index contributed by atoms with van der Waals surface area (Å²) in [4.78, 5) is 0. The topological polar surface area (TPSA) is 18.5 Å². The maximum absolute atomic E-state index is 6.54. The van der Waals surface area contributed by atoms with Crippen molar-refractivity contribution in [3.63, 3.8) is 0 Å². The Morgan fingerprint density at radius 3 is 2.35 bits per heavy atom. The second kappa shape index (κ2) is 6.20. The minimum atomic E-state index is -1.89. The van der Waals surface area contributed by atoms with Gasteiger partial charge in [-0.1, -0.05) is 11.1 Å².